The molecule has 0 heterocycles. The lowest BCUT2D eigenvalue weighted by Crippen LogP contribution is -2.17. The zero-order valence-corrected chi connectivity index (χ0v) is 10.3. The summed E-state index contributed by atoms with van der Waals surface area (Å²) in [7, 11) is 0. The molecule has 0 saturated heterocycles. The number of alkyl halides is 3. The minimum absolute atomic E-state index is 0.181. The van der Waals surface area contributed by atoms with Gasteiger partial charge in [-0.1, -0.05) is 0 Å². The second kappa shape index (κ2) is 6.11. The van der Waals surface area contributed by atoms with Crippen LogP contribution < -0.4 is 15.2 Å². The van der Waals surface area contributed by atoms with Crippen molar-refractivity contribution in [2.24, 2.45) is 5.73 Å². The van der Waals surface area contributed by atoms with Crippen LogP contribution in [0.25, 0.3) is 0 Å². The van der Waals surface area contributed by atoms with Gasteiger partial charge in [-0.2, -0.15) is 0 Å². The maximum absolute atomic E-state index is 12.0. The zero-order chi connectivity index (χ0) is 12.9. The first kappa shape index (κ1) is 14.1. The zero-order valence-electron chi connectivity index (χ0n) is 8.76. The first-order valence-corrected chi connectivity index (χ1v) is 5.60. The number of hydrogen-bond acceptors (Lipinski definition) is 3. The lowest BCUT2D eigenvalue weighted by atomic mass is 10.3. The molecule has 0 atom stereocenters. The fourth-order valence-corrected chi connectivity index (χ4v) is 1.49. The Morgan fingerprint density at radius 2 is 2.00 bits per heavy atom. The van der Waals surface area contributed by atoms with Gasteiger partial charge in [0.15, 0.2) is 0 Å². The third kappa shape index (κ3) is 5.27. The van der Waals surface area contributed by atoms with Gasteiger partial charge in [-0.25, -0.2) is 0 Å². The topological polar surface area (TPSA) is 44.5 Å². The number of halogens is 4. The van der Waals surface area contributed by atoms with Crippen molar-refractivity contribution in [1.82, 2.24) is 0 Å². The first-order valence-electron chi connectivity index (χ1n) is 4.80. The Kier molecular flexibility index (Phi) is 5.07. The van der Waals surface area contributed by atoms with E-state index in [1.165, 1.54) is 18.2 Å². The summed E-state index contributed by atoms with van der Waals surface area (Å²) in [5, 5.41) is 0. The van der Waals surface area contributed by atoms with Gasteiger partial charge < -0.3 is 15.2 Å². The van der Waals surface area contributed by atoms with Crippen molar-refractivity contribution in [3.05, 3.63) is 22.7 Å². The van der Waals surface area contributed by atoms with Gasteiger partial charge in [0, 0.05) is 0 Å². The minimum Gasteiger partial charge on any atom is -0.494 e. The normalized spacial score (nSPS) is 11.4. The van der Waals surface area contributed by atoms with E-state index in [1.807, 2.05) is 0 Å². The first-order chi connectivity index (χ1) is 7.92. The Morgan fingerprint density at radius 3 is 2.53 bits per heavy atom. The van der Waals surface area contributed by atoms with Crippen LogP contribution in [0.4, 0.5) is 13.2 Å². The van der Waals surface area contributed by atoms with E-state index in [9.17, 15) is 13.2 Å². The Labute approximate surface area is 105 Å². The van der Waals surface area contributed by atoms with Crippen molar-refractivity contribution in [2.45, 2.75) is 12.8 Å². The molecular formula is C10H11BrF3NO2. The van der Waals surface area contributed by atoms with Crippen molar-refractivity contribution in [2.75, 3.05) is 13.2 Å². The third-order valence-electron chi connectivity index (χ3n) is 1.75. The molecule has 0 fully saturated rings. The summed E-state index contributed by atoms with van der Waals surface area (Å²) in [6.45, 7) is 0.916. The molecule has 1 aromatic carbocycles. The highest BCUT2D eigenvalue weighted by Crippen LogP contribution is 2.33. The molecule has 0 aliphatic heterocycles. The van der Waals surface area contributed by atoms with Gasteiger partial charge in [-0.05, 0) is 47.1 Å². The van der Waals surface area contributed by atoms with E-state index >= 15 is 0 Å². The van der Waals surface area contributed by atoms with Crippen LogP contribution in [0.2, 0.25) is 0 Å². The molecule has 1 aromatic rings. The van der Waals surface area contributed by atoms with Gasteiger partial charge in [0.1, 0.15) is 11.5 Å². The van der Waals surface area contributed by atoms with E-state index in [-0.39, 0.29) is 10.2 Å². The van der Waals surface area contributed by atoms with Crippen LogP contribution in [0.3, 0.4) is 0 Å². The van der Waals surface area contributed by atoms with Crippen LogP contribution >= 0.6 is 15.9 Å². The predicted molar refractivity (Wildman–Crippen MR) is 60.0 cm³/mol. The molecule has 0 aliphatic carbocycles. The SMILES string of the molecule is NCCCOc1ccc(OC(F)(F)F)c(Br)c1. The average Bonchev–Trinajstić information content (AvgIpc) is 2.21. The molecule has 0 spiro atoms. The Balaban J connectivity index is 2.66. The molecule has 0 aliphatic rings. The van der Waals surface area contributed by atoms with E-state index in [1.54, 1.807) is 0 Å². The van der Waals surface area contributed by atoms with Crippen molar-refractivity contribution in [3.8, 4) is 11.5 Å². The van der Waals surface area contributed by atoms with Crippen molar-refractivity contribution in [1.29, 1.82) is 0 Å². The summed E-state index contributed by atoms with van der Waals surface area (Å²) in [4.78, 5) is 0. The summed E-state index contributed by atoms with van der Waals surface area (Å²) in [5.74, 6) is 0.156. The molecule has 7 heteroatoms. The van der Waals surface area contributed by atoms with E-state index in [4.69, 9.17) is 10.5 Å². The summed E-state index contributed by atoms with van der Waals surface area (Å²) in [6, 6.07) is 4.01. The highest BCUT2D eigenvalue weighted by molar-refractivity contribution is 9.10. The molecule has 1 rings (SSSR count). The van der Waals surface area contributed by atoms with E-state index in [2.05, 4.69) is 20.7 Å². The highest BCUT2D eigenvalue weighted by Gasteiger charge is 2.31. The Hall–Kier alpha value is -0.950. The smallest absolute Gasteiger partial charge is 0.494 e. The number of rotatable bonds is 5. The van der Waals surface area contributed by atoms with Crippen LogP contribution in [0.15, 0.2) is 22.7 Å². The molecule has 0 aromatic heterocycles. The summed E-state index contributed by atoms with van der Waals surface area (Å²) < 4.78 is 45.2. The van der Waals surface area contributed by atoms with Crippen LogP contribution in [0, 0.1) is 0 Å². The van der Waals surface area contributed by atoms with Gasteiger partial charge in [-0.3, -0.25) is 0 Å². The van der Waals surface area contributed by atoms with Gasteiger partial charge in [-0.15, -0.1) is 13.2 Å². The Bertz CT molecular complexity index is 371. The van der Waals surface area contributed by atoms with E-state index in [0.29, 0.717) is 25.3 Å². The Morgan fingerprint density at radius 1 is 1.29 bits per heavy atom. The number of ether oxygens (including phenoxy) is 2. The lowest BCUT2D eigenvalue weighted by Gasteiger charge is -2.12. The van der Waals surface area contributed by atoms with Crippen LogP contribution in [-0.2, 0) is 0 Å². The molecule has 0 amide bonds. The van der Waals surface area contributed by atoms with Crippen LogP contribution in [-0.4, -0.2) is 19.5 Å². The third-order valence-corrected chi connectivity index (χ3v) is 2.37. The summed E-state index contributed by atoms with van der Waals surface area (Å²) in [5.41, 5.74) is 5.28. The number of benzene rings is 1. The van der Waals surface area contributed by atoms with Crippen LogP contribution in [0.5, 0.6) is 11.5 Å². The molecule has 2 N–H and O–H groups in total. The maximum atomic E-state index is 12.0. The standard InChI is InChI=1S/C10H11BrF3NO2/c11-8-6-7(16-5-1-4-15)2-3-9(8)17-10(12,13)14/h2-3,6H,1,4-5,15H2. The molecular weight excluding hydrogens is 303 g/mol. The average molecular weight is 314 g/mol. The highest BCUT2D eigenvalue weighted by atomic mass is 79.9. The second-order valence-electron chi connectivity index (χ2n) is 3.13. The number of hydrogen-bond donors (Lipinski definition) is 1. The van der Waals surface area contributed by atoms with Gasteiger partial charge in [0.05, 0.1) is 11.1 Å². The van der Waals surface area contributed by atoms with E-state index in [0.717, 1.165) is 0 Å². The quantitative estimate of drug-likeness (QED) is 0.850. The fraction of sp³-hybridized carbons (Fsp3) is 0.400. The molecule has 0 bridgehead atoms. The van der Waals surface area contributed by atoms with Crippen molar-refractivity contribution in [3.63, 3.8) is 0 Å². The van der Waals surface area contributed by atoms with Crippen LogP contribution in [0.1, 0.15) is 6.42 Å². The molecule has 17 heavy (non-hydrogen) atoms. The minimum atomic E-state index is -4.70. The van der Waals surface area contributed by atoms with Gasteiger partial charge >= 0.3 is 6.36 Å². The largest absolute Gasteiger partial charge is 0.573 e. The molecule has 0 radical (unpaired) electrons. The molecule has 0 saturated carbocycles. The lowest BCUT2D eigenvalue weighted by molar-refractivity contribution is -0.274. The summed E-state index contributed by atoms with van der Waals surface area (Å²) in [6.07, 6.45) is -4.02. The predicted octanol–water partition coefficient (Wildman–Crippen LogP) is 3.08. The monoisotopic (exact) mass is 313 g/mol. The fourth-order valence-electron chi connectivity index (χ4n) is 1.05. The second-order valence-corrected chi connectivity index (χ2v) is 3.99. The molecule has 96 valence electrons. The maximum Gasteiger partial charge on any atom is 0.573 e. The van der Waals surface area contributed by atoms with Gasteiger partial charge in [0.25, 0.3) is 0 Å². The number of nitrogens with two attached hydrogens (primary N) is 1. The van der Waals surface area contributed by atoms with E-state index < -0.39 is 6.36 Å². The summed E-state index contributed by atoms with van der Waals surface area (Å²) >= 11 is 2.98. The van der Waals surface area contributed by atoms with Gasteiger partial charge in [0.2, 0.25) is 0 Å². The van der Waals surface area contributed by atoms with Crippen molar-refractivity contribution >= 4 is 15.9 Å². The molecule has 0 unspecified atom stereocenters. The molecule has 3 nitrogen and oxygen atoms in total. The van der Waals surface area contributed by atoms with Crippen molar-refractivity contribution < 1.29 is 22.6 Å².